The maximum absolute atomic E-state index is 9.64. The third-order valence-corrected chi connectivity index (χ3v) is 3.43. The minimum atomic E-state index is -0.184. The first kappa shape index (κ1) is 9.80. The van der Waals surface area contributed by atoms with Gasteiger partial charge in [-0.05, 0) is 46.8 Å². The fourth-order valence-corrected chi connectivity index (χ4v) is 2.18. The van der Waals surface area contributed by atoms with Crippen LogP contribution in [-0.4, -0.2) is 10.2 Å². The molecule has 4 heteroatoms. The van der Waals surface area contributed by atoms with Crippen LogP contribution in [0.3, 0.4) is 0 Å². The Kier molecular flexibility index (Phi) is 2.41. The molecule has 1 aromatic rings. The number of aromatic hydroxyl groups is 2. The molecule has 0 heterocycles. The van der Waals surface area contributed by atoms with Crippen molar-refractivity contribution in [2.24, 2.45) is 11.7 Å². The zero-order chi connectivity index (χ0) is 10.3. The van der Waals surface area contributed by atoms with Crippen LogP contribution < -0.4 is 5.73 Å². The lowest BCUT2D eigenvalue weighted by molar-refractivity contribution is 0.440. The number of rotatable bonds is 2. The van der Waals surface area contributed by atoms with Gasteiger partial charge in [-0.15, -0.1) is 0 Å². The van der Waals surface area contributed by atoms with E-state index in [9.17, 15) is 10.2 Å². The summed E-state index contributed by atoms with van der Waals surface area (Å²) in [6, 6.07) is 2.73. The van der Waals surface area contributed by atoms with E-state index in [0.29, 0.717) is 16.0 Å². The molecule has 1 aliphatic carbocycles. The molecule has 1 saturated carbocycles. The van der Waals surface area contributed by atoms with Gasteiger partial charge in [-0.25, -0.2) is 0 Å². The molecule has 1 atom stereocenters. The number of halogens is 1. The van der Waals surface area contributed by atoms with Crippen molar-refractivity contribution in [2.75, 3.05) is 0 Å². The van der Waals surface area contributed by atoms with Crippen molar-refractivity contribution in [3.05, 3.63) is 22.2 Å². The Balaban J connectivity index is 2.43. The Labute approximate surface area is 90.7 Å². The second-order valence-electron chi connectivity index (χ2n) is 3.69. The standard InChI is InChI=1S/C10H12BrNO2/c11-9-7(14)4-3-6(13)8(9)10(12)5-1-2-5/h3-5,10,13-14H,1-2,12H2/t10-/m1/s1. The van der Waals surface area contributed by atoms with E-state index in [1.807, 2.05) is 0 Å². The van der Waals surface area contributed by atoms with Gasteiger partial charge in [0.2, 0.25) is 0 Å². The van der Waals surface area contributed by atoms with E-state index in [1.54, 1.807) is 0 Å². The molecule has 1 fully saturated rings. The molecule has 4 N–H and O–H groups in total. The van der Waals surface area contributed by atoms with Crippen LogP contribution in [0, 0.1) is 5.92 Å². The first-order chi connectivity index (χ1) is 6.61. The van der Waals surface area contributed by atoms with Crippen LogP contribution in [0.1, 0.15) is 24.4 Å². The molecule has 0 aliphatic heterocycles. The smallest absolute Gasteiger partial charge is 0.130 e. The summed E-state index contributed by atoms with van der Waals surface area (Å²) < 4.78 is 0.511. The zero-order valence-corrected chi connectivity index (χ0v) is 9.16. The lowest BCUT2D eigenvalue weighted by atomic mass is 10.0. The molecule has 2 rings (SSSR count). The highest BCUT2D eigenvalue weighted by atomic mass is 79.9. The third-order valence-electron chi connectivity index (χ3n) is 2.60. The maximum atomic E-state index is 9.64. The van der Waals surface area contributed by atoms with Crippen molar-refractivity contribution in [1.82, 2.24) is 0 Å². The average molecular weight is 258 g/mol. The van der Waals surface area contributed by atoms with Crippen molar-refractivity contribution in [3.8, 4) is 11.5 Å². The third kappa shape index (κ3) is 1.60. The van der Waals surface area contributed by atoms with Crippen molar-refractivity contribution >= 4 is 15.9 Å². The van der Waals surface area contributed by atoms with Gasteiger partial charge < -0.3 is 15.9 Å². The molecule has 76 valence electrons. The summed E-state index contributed by atoms with van der Waals surface area (Å²) in [4.78, 5) is 0. The SMILES string of the molecule is N[C@@H](c1c(O)ccc(O)c1Br)C1CC1. The second-order valence-corrected chi connectivity index (χ2v) is 4.49. The molecule has 0 spiro atoms. The van der Waals surface area contributed by atoms with Crippen LogP contribution in [-0.2, 0) is 0 Å². The molecule has 14 heavy (non-hydrogen) atoms. The minimum absolute atomic E-state index is 0.119. The Bertz CT molecular complexity index is 363. The zero-order valence-electron chi connectivity index (χ0n) is 7.57. The van der Waals surface area contributed by atoms with Crippen molar-refractivity contribution in [2.45, 2.75) is 18.9 Å². The first-order valence-corrected chi connectivity index (χ1v) is 5.36. The highest BCUT2D eigenvalue weighted by Gasteiger charge is 2.32. The van der Waals surface area contributed by atoms with Gasteiger partial charge in [0.25, 0.3) is 0 Å². The number of phenolic OH excluding ortho intramolecular Hbond substituents is 2. The Morgan fingerprint density at radius 1 is 1.29 bits per heavy atom. The molecule has 0 amide bonds. The van der Waals surface area contributed by atoms with Gasteiger partial charge in [0, 0.05) is 11.6 Å². The van der Waals surface area contributed by atoms with Crippen LogP contribution in [0.5, 0.6) is 11.5 Å². The molecule has 3 nitrogen and oxygen atoms in total. The first-order valence-electron chi connectivity index (χ1n) is 4.57. The molecule has 1 aliphatic rings. The lowest BCUT2D eigenvalue weighted by Crippen LogP contribution is -2.13. The number of hydrogen-bond acceptors (Lipinski definition) is 3. The largest absolute Gasteiger partial charge is 0.508 e. The summed E-state index contributed by atoms with van der Waals surface area (Å²) in [5.74, 6) is 0.710. The number of benzene rings is 1. The average Bonchev–Trinajstić information content (AvgIpc) is 2.95. The summed E-state index contributed by atoms with van der Waals surface area (Å²) in [6.45, 7) is 0. The topological polar surface area (TPSA) is 66.5 Å². The van der Waals surface area contributed by atoms with Gasteiger partial charge in [-0.3, -0.25) is 0 Å². The molecular formula is C10H12BrNO2. The summed E-state index contributed by atoms with van der Waals surface area (Å²) >= 11 is 3.24. The predicted octanol–water partition coefficient (Wildman–Crippen LogP) is 2.27. The summed E-state index contributed by atoms with van der Waals surface area (Å²) in [6.07, 6.45) is 2.20. The van der Waals surface area contributed by atoms with Crippen molar-refractivity contribution in [3.63, 3.8) is 0 Å². The number of phenols is 2. The molecular weight excluding hydrogens is 246 g/mol. The van der Waals surface area contributed by atoms with Crippen LogP contribution in [0.4, 0.5) is 0 Å². The van der Waals surface area contributed by atoms with E-state index < -0.39 is 0 Å². The van der Waals surface area contributed by atoms with Gasteiger partial charge >= 0.3 is 0 Å². The quantitative estimate of drug-likeness (QED) is 0.713. The molecule has 0 bridgehead atoms. The molecule has 0 aromatic heterocycles. The number of hydrogen-bond donors (Lipinski definition) is 3. The van der Waals surface area contributed by atoms with Gasteiger partial charge in [-0.2, -0.15) is 0 Å². The van der Waals surface area contributed by atoms with E-state index in [2.05, 4.69) is 15.9 Å². The Morgan fingerprint density at radius 3 is 2.43 bits per heavy atom. The second kappa shape index (κ2) is 3.44. The van der Waals surface area contributed by atoms with Gasteiger partial charge in [0.15, 0.2) is 0 Å². The van der Waals surface area contributed by atoms with Gasteiger partial charge in [0.05, 0.1) is 4.47 Å². The molecule has 1 aromatic carbocycles. The van der Waals surface area contributed by atoms with Crippen molar-refractivity contribution in [1.29, 1.82) is 0 Å². The van der Waals surface area contributed by atoms with E-state index in [1.165, 1.54) is 12.1 Å². The minimum Gasteiger partial charge on any atom is -0.508 e. The van der Waals surface area contributed by atoms with Crippen molar-refractivity contribution < 1.29 is 10.2 Å². The lowest BCUT2D eigenvalue weighted by Gasteiger charge is -2.15. The Morgan fingerprint density at radius 2 is 1.86 bits per heavy atom. The van der Waals surface area contributed by atoms with Gasteiger partial charge in [-0.1, -0.05) is 0 Å². The Hall–Kier alpha value is -0.740. The normalized spacial score (nSPS) is 18.1. The van der Waals surface area contributed by atoms with E-state index >= 15 is 0 Å². The number of nitrogens with two attached hydrogens (primary N) is 1. The molecule has 0 saturated heterocycles. The summed E-state index contributed by atoms with van der Waals surface area (Å²) in [5.41, 5.74) is 6.59. The van der Waals surface area contributed by atoms with E-state index in [0.717, 1.165) is 12.8 Å². The van der Waals surface area contributed by atoms with Crippen LogP contribution >= 0.6 is 15.9 Å². The monoisotopic (exact) mass is 257 g/mol. The fraction of sp³-hybridized carbons (Fsp3) is 0.400. The highest BCUT2D eigenvalue weighted by molar-refractivity contribution is 9.10. The summed E-state index contributed by atoms with van der Waals surface area (Å²) in [7, 11) is 0. The summed E-state index contributed by atoms with van der Waals surface area (Å²) in [5, 5.41) is 19.1. The van der Waals surface area contributed by atoms with Gasteiger partial charge in [0.1, 0.15) is 11.5 Å². The predicted molar refractivity (Wildman–Crippen MR) is 57.1 cm³/mol. The maximum Gasteiger partial charge on any atom is 0.130 e. The molecule has 0 radical (unpaired) electrons. The van der Waals surface area contributed by atoms with E-state index in [4.69, 9.17) is 5.73 Å². The van der Waals surface area contributed by atoms with Crippen LogP contribution in [0.2, 0.25) is 0 Å². The molecule has 0 unspecified atom stereocenters. The van der Waals surface area contributed by atoms with E-state index in [-0.39, 0.29) is 17.5 Å². The van der Waals surface area contributed by atoms with Crippen LogP contribution in [0.25, 0.3) is 0 Å². The highest BCUT2D eigenvalue weighted by Crippen LogP contribution is 2.46. The van der Waals surface area contributed by atoms with Crippen LogP contribution in [0.15, 0.2) is 16.6 Å². The fourth-order valence-electron chi connectivity index (χ4n) is 1.58.